The van der Waals surface area contributed by atoms with E-state index in [1.165, 1.54) is 0 Å². The molecule has 13 nitrogen and oxygen atoms in total. The van der Waals surface area contributed by atoms with Gasteiger partial charge in [0.15, 0.2) is 28.4 Å². The molecular formula is C25H41ClN10O3S. The predicted molar refractivity (Wildman–Crippen MR) is 159 cm³/mol. The number of nitrogens with two attached hydrogens (primary N) is 2. The second-order valence-electron chi connectivity index (χ2n) is 10.8. The van der Waals surface area contributed by atoms with Crippen LogP contribution in [0.25, 0.3) is 0 Å². The normalized spacial score (nSPS) is 23.9. The molecule has 2 aliphatic heterocycles. The first-order chi connectivity index (χ1) is 19.0. The lowest BCUT2D eigenvalue weighted by atomic mass is 9.80. The topological polar surface area (TPSA) is 184 Å². The van der Waals surface area contributed by atoms with Gasteiger partial charge in [-0.1, -0.05) is 25.4 Å². The Morgan fingerprint density at radius 3 is 2.42 bits per heavy atom. The number of hydrogen-bond acceptors (Lipinski definition) is 9. The van der Waals surface area contributed by atoms with Crippen LogP contribution in [0.2, 0.25) is 5.15 Å². The SMILES string of the molecule is C=S(=O)(NCC1CCC(C(=O)N2CCC3(CC2)CN=C(NC(=O)c2nc(Cl)c(N)nc2N)N3)CC1)N(CC)CC. The number of anilines is 2. The van der Waals surface area contributed by atoms with Gasteiger partial charge in [-0.2, -0.15) is 0 Å². The summed E-state index contributed by atoms with van der Waals surface area (Å²) in [6.07, 6.45) is 4.99. The number of hydrogen-bond donors (Lipinski definition) is 5. The largest absolute Gasteiger partial charge is 0.382 e. The van der Waals surface area contributed by atoms with Gasteiger partial charge in [0.25, 0.3) is 5.91 Å². The summed E-state index contributed by atoms with van der Waals surface area (Å²) in [5, 5.41) is 5.92. The van der Waals surface area contributed by atoms with E-state index in [9.17, 15) is 13.8 Å². The van der Waals surface area contributed by atoms with Gasteiger partial charge in [0.2, 0.25) is 5.91 Å². The van der Waals surface area contributed by atoms with Gasteiger partial charge in [0, 0.05) is 38.6 Å². The van der Waals surface area contributed by atoms with Crippen LogP contribution in [0.3, 0.4) is 0 Å². The van der Waals surface area contributed by atoms with Crippen molar-refractivity contribution in [3.8, 4) is 0 Å². The highest BCUT2D eigenvalue weighted by Crippen LogP contribution is 2.32. The van der Waals surface area contributed by atoms with Crippen molar-refractivity contribution in [3.63, 3.8) is 0 Å². The zero-order chi connectivity index (χ0) is 29.1. The number of amides is 2. The highest BCUT2D eigenvalue weighted by atomic mass is 35.5. The van der Waals surface area contributed by atoms with Gasteiger partial charge < -0.3 is 21.7 Å². The molecule has 1 aromatic heterocycles. The number of aliphatic imine (C=N–C) groups is 1. The van der Waals surface area contributed by atoms with Gasteiger partial charge in [0.05, 0.1) is 22.0 Å². The molecule has 4 rings (SSSR count). The summed E-state index contributed by atoms with van der Waals surface area (Å²) in [7, 11) is -2.46. The third-order valence-corrected chi connectivity index (χ3v) is 10.5. The van der Waals surface area contributed by atoms with Crippen LogP contribution in [0.15, 0.2) is 4.99 Å². The van der Waals surface area contributed by atoms with Crippen molar-refractivity contribution in [1.82, 2.24) is 34.5 Å². The lowest BCUT2D eigenvalue weighted by molar-refractivity contribution is -0.138. The van der Waals surface area contributed by atoms with E-state index in [0.29, 0.717) is 51.1 Å². The number of piperidine rings is 1. The summed E-state index contributed by atoms with van der Waals surface area (Å²) < 4.78 is 17.9. The lowest BCUT2D eigenvalue weighted by Gasteiger charge is -2.41. The molecule has 1 aromatic rings. The fourth-order valence-electron chi connectivity index (χ4n) is 5.70. The zero-order valence-corrected chi connectivity index (χ0v) is 24.8. The van der Waals surface area contributed by atoms with Crippen LogP contribution in [0.4, 0.5) is 11.6 Å². The minimum Gasteiger partial charge on any atom is -0.382 e. The molecule has 1 saturated carbocycles. The Morgan fingerprint density at radius 2 is 1.80 bits per heavy atom. The summed E-state index contributed by atoms with van der Waals surface area (Å²) in [4.78, 5) is 40.1. The molecule has 3 heterocycles. The van der Waals surface area contributed by atoms with Gasteiger partial charge in [-0.05, 0) is 50.3 Å². The van der Waals surface area contributed by atoms with E-state index in [4.69, 9.17) is 23.1 Å². The first kappa shape index (κ1) is 30.3. The van der Waals surface area contributed by atoms with Crippen LogP contribution in [0.5, 0.6) is 0 Å². The highest BCUT2D eigenvalue weighted by molar-refractivity contribution is 7.96. The van der Waals surface area contributed by atoms with Gasteiger partial charge in [-0.15, -0.1) is 0 Å². The van der Waals surface area contributed by atoms with Crippen molar-refractivity contribution in [2.24, 2.45) is 16.8 Å². The van der Waals surface area contributed by atoms with Crippen molar-refractivity contribution in [2.75, 3.05) is 50.7 Å². The number of carbonyl (C=O) groups excluding carboxylic acids is 2. The second-order valence-corrected chi connectivity index (χ2v) is 13.2. The number of guanidine groups is 1. The van der Waals surface area contributed by atoms with Crippen molar-refractivity contribution in [3.05, 3.63) is 10.8 Å². The van der Waals surface area contributed by atoms with Crippen LogP contribution < -0.4 is 26.8 Å². The molecule has 1 unspecified atom stereocenters. The summed E-state index contributed by atoms with van der Waals surface area (Å²) >= 11 is 5.89. The number of aromatic nitrogens is 2. The molecule has 1 atom stereocenters. The summed E-state index contributed by atoms with van der Waals surface area (Å²) in [5.41, 5.74) is 10.9. The molecule has 1 saturated heterocycles. The number of likely N-dealkylation sites (tertiary alicyclic amines) is 1. The van der Waals surface area contributed by atoms with Crippen LogP contribution in [0.1, 0.15) is 62.9 Å². The molecule has 40 heavy (non-hydrogen) atoms. The Balaban J connectivity index is 1.21. The lowest BCUT2D eigenvalue weighted by Crippen LogP contribution is -2.57. The van der Waals surface area contributed by atoms with Crippen LogP contribution in [0, 0.1) is 11.8 Å². The summed E-state index contributed by atoms with van der Waals surface area (Å²) in [6, 6.07) is 0. The van der Waals surface area contributed by atoms with Crippen molar-refractivity contribution in [1.29, 1.82) is 0 Å². The molecule has 222 valence electrons. The Morgan fingerprint density at radius 1 is 1.15 bits per heavy atom. The first-order valence-corrected chi connectivity index (χ1v) is 15.9. The number of halogens is 1. The summed E-state index contributed by atoms with van der Waals surface area (Å²) in [5.74, 6) is 4.12. The zero-order valence-electron chi connectivity index (χ0n) is 23.2. The Labute approximate surface area is 241 Å². The average Bonchev–Trinajstić information content (AvgIpc) is 3.31. The summed E-state index contributed by atoms with van der Waals surface area (Å²) in [6.45, 7) is 7.74. The van der Waals surface area contributed by atoms with Gasteiger partial charge in [0.1, 0.15) is 0 Å². The quantitative estimate of drug-likeness (QED) is 0.270. The molecule has 7 N–H and O–H groups in total. The van der Waals surface area contributed by atoms with E-state index in [1.54, 1.807) is 0 Å². The minimum atomic E-state index is -2.46. The Hall–Kier alpha value is -2.68. The Kier molecular flexibility index (Phi) is 9.43. The number of nitrogens with zero attached hydrogens (tertiary/aromatic N) is 5. The van der Waals surface area contributed by atoms with E-state index < -0.39 is 15.8 Å². The van der Waals surface area contributed by atoms with Crippen LogP contribution >= 0.6 is 11.6 Å². The predicted octanol–water partition coefficient (Wildman–Crippen LogP) is 0.629. The van der Waals surface area contributed by atoms with E-state index in [1.807, 2.05) is 23.1 Å². The number of carbonyl (C=O) groups is 2. The maximum Gasteiger partial charge on any atom is 0.280 e. The smallest absolute Gasteiger partial charge is 0.280 e. The Bertz CT molecular complexity index is 1240. The molecule has 1 aliphatic carbocycles. The van der Waals surface area contributed by atoms with Gasteiger partial charge in [-0.25, -0.2) is 23.2 Å². The van der Waals surface area contributed by atoms with Crippen molar-refractivity contribution in [2.45, 2.75) is 57.9 Å². The third kappa shape index (κ3) is 6.78. The molecule has 0 aromatic carbocycles. The molecule has 2 amide bonds. The average molecular weight is 597 g/mol. The fraction of sp³-hybridized carbons (Fsp3) is 0.680. The maximum atomic E-state index is 13.3. The van der Waals surface area contributed by atoms with E-state index >= 15 is 0 Å². The molecule has 0 bridgehead atoms. The number of rotatable bonds is 8. The standard InChI is InChI=1S/C25H41ClN10O3S/c1-4-36(5-2)40(3,39)30-14-16-6-8-17(9-7-16)23(38)35-12-10-25(11-13-35)15-29-24(34-25)33-22(37)18-20(27)32-21(28)19(26)31-18/h16-17H,3-15H2,1-2H3,(H,30,39)(H4,27,28,32)(H2,29,33,34,37). The molecule has 15 heteroatoms. The fourth-order valence-corrected chi connectivity index (χ4v) is 7.34. The number of nitrogen functional groups attached to an aromatic ring is 2. The third-order valence-electron chi connectivity index (χ3n) is 8.22. The molecule has 1 spiro atoms. The molecular weight excluding hydrogens is 556 g/mol. The minimum absolute atomic E-state index is 0.0260. The molecule has 2 fully saturated rings. The van der Waals surface area contributed by atoms with Crippen molar-refractivity contribution >= 4 is 56.8 Å². The van der Waals surface area contributed by atoms with E-state index in [0.717, 1.165) is 38.5 Å². The van der Waals surface area contributed by atoms with Gasteiger partial charge >= 0.3 is 0 Å². The van der Waals surface area contributed by atoms with Gasteiger partial charge in [-0.3, -0.25) is 19.9 Å². The van der Waals surface area contributed by atoms with Crippen molar-refractivity contribution < 1.29 is 13.8 Å². The van der Waals surface area contributed by atoms with Crippen LogP contribution in [-0.2, 0) is 14.7 Å². The van der Waals surface area contributed by atoms with Crippen LogP contribution in [-0.4, -0.2) is 91.8 Å². The first-order valence-electron chi connectivity index (χ1n) is 13.8. The van der Waals surface area contributed by atoms with E-state index in [-0.39, 0.29) is 39.8 Å². The van der Waals surface area contributed by atoms with E-state index in [2.05, 4.69) is 36.2 Å². The maximum absolute atomic E-state index is 13.3. The second kappa shape index (κ2) is 12.5. The molecule has 0 radical (unpaired) electrons. The highest BCUT2D eigenvalue weighted by Gasteiger charge is 2.41. The number of nitrogens with one attached hydrogen (secondary N) is 3. The molecule has 3 aliphatic rings. The monoisotopic (exact) mass is 596 g/mol.